The van der Waals surface area contributed by atoms with Crippen molar-refractivity contribution in [1.29, 1.82) is 0 Å². The highest BCUT2D eigenvalue weighted by atomic mass is 16.5. The van der Waals surface area contributed by atoms with E-state index in [9.17, 15) is 4.79 Å². The van der Waals surface area contributed by atoms with Crippen molar-refractivity contribution >= 4 is 11.6 Å². The Bertz CT molecular complexity index is 605. The Morgan fingerprint density at radius 3 is 2.75 bits per heavy atom. The van der Waals surface area contributed by atoms with Gasteiger partial charge in [0.05, 0.1) is 17.8 Å². The average molecular weight is 274 g/mol. The number of ether oxygens (including phenoxy) is 1. The second-order valence-corrected chi connectivity index (χ2v) is 4.47. The first-order chi connectivity index (χ1) is 9.58. The van der Waals surface area contributed by atoms with E-state index in [1.54, 1.807) is 25.1 Å². The fourth-order valence-corrected chi connectivity index (χ4v) is 1.89. The van der Waals surface area contributed by atoms with Gasteiger partial charge in [-0.3, -0.25) is 4.79 Å². The van der Waals surface area contributed by atoms with E-state index in [0.29, 0.717) is 35.9 Å². The quantitative estimate of drug-likeness (QED) is 0.647. The third-order valence-electron chi connectivity index (χ3n) is 2.85. The minimum absolute atomic E-state index is 0.163. The van der Waals surface area contributed by atoms with Crippen LogP contribution in [0.1, 0.15) is 21.9 Å². The lowest BCUT2D eigenvalue weighted by Crippen LogP contribution is -2.28. The molecule has 1 aromatic carbocycles. The molecule has 0 aliphatic rings. The van der Waals surface area contributed by atoms with Crippen molar-refractivity contribution < 1.29 is 13.9 Å². The minimum Gasteiger partial charge on any atom is -0.490 e. The Morgan fingerprint density at radius 2 is 2.10 bits per heavy atom. The summed E-state index contributed by atoms with van der Waals surface area (Å²) in [7, 11) is 0. The number of amides is 1. The SMILES string of the molecule is Cc1cc(C(=O)NCCOc2ccccc2N)c(C)o1. The van der Waals surface area contributed by atoms with Crippen molar-refractivity contribution in [2.75, 3.05) is 18.9 Å². The van der Waals surface area contributed by atoms with Gasteiger partial charge in [0.2, 0.25) is 0 Å². The summed E-state index contributed by atoms with van der Waals surface area (Å²) in [6.45, 7) is 4.33. The Kier molecular flexibility index (Phi) is 4.30. The second kappa shape index (κ2) is 6.14. The molecule has 1 amide bonds. The van der Waals surface area contributed by atoms with Crippen LogP contribution in [0.5, 0.6) is 5.75 Å². The van der Waals surface area contributed by atoms with Crippen LogP contribution in [-0.2, 0) is 0 Å². The molecule has 1 aromatic heterocycles. The number of nitrogens with two attached hydrogens (primary N) is 1. The second-order valence-electron chi connectivity index (χ2n) is 4.47. The van der Waals surface area contributed by atoms with E-state index in [0.717, 1.165) is 5.76 Å². The number of hydrogen-bond acceptors (Lipinski definition) is 4. The topological polar surface area (TPSA) is 77.5 Å². The van der Waals surface area contributed by atoms with Gasteiger partial charge in [-0.1, -0.05) is 12.1 Å². The van der Waals surface area contributed by atoms with Gasteiger partial charge in [-0.25, -0.2) is 0 Å². The minimum atomic E-state index is -0.163. The summed E-state index contributed by atoms with van der Waals surface area (Å²) >= 11 is 0. The number of para-hydroxylation sites is 2. The van der Waals surface area contributed by atoms with Crippen molar-refractivity contribution in [1.82, 2.24) is 5.32 Å². The number of benzene rings is 1. The zero-order chi connectivity index (χ0) is 14.5. The number of aryl methyl sites for hydroxylation is 2. The number of nitrogens with one attached hydrogen (secondary N) is 1. The van der Waals surface area contributed by atoms with E-state index >= 15 is 0 Å². The number of carbonyl (C=O) groups excluding carboxylic acids is 1. The van der Waals surface area contributed by atoms with Crippen LogP contribution < -0.4 is 15.8 Å². The molecule has 20 heavy (non-hydrogen) atoms. The highest BCUT2D eigenvalue weighted by Crippen LogP contribution is 2.19. The molecule has 2 rings (SSSR count). The molecule has 2 aromatic rings. The van der Waals surface area contributed by atoms with Crippen molar-refractivity contribution in [2.24, 2.45) is 0 Å². The number of rotatable bonds is 5. The fourth-order valence-electron chi connectivity index (χ4n) is 1.89. The standard InChI is InChI=1S/C15H18N2O3/c1-10-9-12(11(2)20-10)15(18)17-7-8-19-14-6-4-3-5-13(14)16/h3-6,9H,7-8,16H2,1-2H3,(H,17,18). The van der Waals surface area contributed by atoms with Crippen LogP contribution in [0.4, 0.5) is 5.69 Å². The smallest absolute Gasteiger partial charge is 0.254 e. The molecule has 3 N–H and O–H groups in total. The molecule has 0 radical (unpaired) electrons. The Labute approximate surface area is 117 Å². The number of nitrogen functional groups attached to an aromatic ring is 1. The summed E-state index contributed by atoms with van der Waals surface area (Å²) in [6, 6.07) is 8.98. The van der Waals surface area contributed by atoms with E-state index in [4.69, 9.17) is 14.9 Å². The van der Waals surface area contributed by atoms with Gasteiger partial charge >= 0.3 is 0 Å². The largest absolute Gasteiger partial charge is 0.490 e. The lowest BCUT2D eigenvalue weighted by molar-refractivity contribution is 0.0945. The summed E-state index contributed by atoms with van der Waals surface area (Å²) in [5.74, 6) is 1.80. The Hall–Kier alpha value is -2.43. The Balaban J connectivity index is 1.80. The molecule has 5 heteroatoms. The van der Waals surface area contributed by atoms with Crippen LogP contribution in [0, 0.1) is 13.8 Å². The third-order valence-corrected chi connectivity index (χ3v) is 2.85. The van der Waals surface area contributed by atoms with E-state index in [-0.39, 0.29) is 5.91 Å². The van der Waals surface area contributed by atoms with Gasteiger partial charge in [-0.2, -0.15) is 0 Å². The molecule has 0 bridgehead atoms. The van der Waals surface area contributed by atoms with Crippen molar-refractivity contribution in [3.05, 3.63) is 47.4 Å². The molecule has 0 saturated heterocycles. The molecule has 0 atom stereocenters. The van der Waals surface area contributed by atoms with Crippen LogP contribution in [0.2, 0.25) is 0 Å². The fraction of sp³-hybridized carbons (Fsp3) is 0.267. The first kappa shape index (κ1) is 14.0. The molecule has 0 saturated carbocycles. The first-order valence-electron chi connectivity index (χ1n) is 6.40. The maximum atomic E-state index is 11.9. The molecule has 0 spiro atoms. The zero-order valence-electron chi connectivity index (χ0n) is 11.6. The number of anilines is 1. The molecule has 0 aliphatic heterocycles. The molecular formula is C15H18N2O3. The molecule has 0 unspecified atom stereocenters. The lowest BCUT2D eigenvalue weighted by atomic mass is 10.2. The number of hydrogen-bond donors (Lipinski definition) is 2. The van der Waals surface area contributed by atoms with Crippen LogP contribution in [0.3, 0.4) is 0 Å². The predicted molar refractivity (Wildman–Crippen MR) is 76.9 cm³/mol. The van der Waals surface area contributed by atoms with E-state index in [1.807, 2.05) is 19.1 Å². The first-order valence-corrected chi connectivity index (χ1v) is 6.40. The van der Waals surface area contributed by atoms with Gasteiger partial charge < -0.3 is 20.2 Å². The van der Waals surface area contributed by atoms with Crippen molar-refractivity contribution in [3.63, 3.8) is 0 Å². The molecule has 106 valence electrons. The maximum Gasteiger partial charge on any atom is 0.254 e. The van der Waals surface area contributed by atoms with E-state index in [1.165, 1.54) is 0 Å². The van der Waals surface area contributed by atoms with E-state index < -0.39 is 0 Å². The van der Waals surface area contributed by atoms with Crippen LogP contribution >= 0.6 is 0 Å². The van der Waals surface area contributed by atoms with Crippen molar-refractivity contribution in [2.45, 2.75) is 13.8 Å². The van der Waals surface area contributed by atoms with Gasteiger partial charge in [0, 0.05) is 0 Å². The highest BCUT2D eigenvalue weighted by Gasteiger charge is 2.12. The summed E-state index contributed by atoms with van der Waals surface area (Å²) in [6.07, 6.45) is 0. The summed E-state index contributed by atoms with van der Waals surface area (Å²) in [5.41, 5.74) is 6.89. The third kappa shape index (κ3) is 3.32. The van der Waals surface area contributed by atoms with Crippen LogP contribution in [0.25, 0.3) is 0 Å². The van der Waals surface area contributed by atoms with Gasteiger partial charge in [-0.05, 0) is 32.0 Å². The summed E-state index contributed by atoms with van der Waals surface area (Å²) < 4.78 is 10.8. The Morgan fingerprint density at radius 1 is 1.35 bits per heavy atom. The normalized spacial score (nSPS) is 10.3. The molecule has 5 nitrogen and oxygen atoms in total. The highest BCUT2D eigenvalue weighted by molar-refractivity contribution is 5.95. The number of furan rings is 1. The van der Waals surface area contributed by atoms with Gasteiger partial charge in [-0.15, -0.1) is 0 Å². The van der Waals surface area contributed by atoms with Crippen LogP contribution in [0.15, 0.2) is 34.7 Å². The van der Waals surface area contributed by atoms with Gasteiger partial charge in [0.1, 0.15) is 23.9 Å². The summed E-state index contributed by atoms with van der Waals surface area (Å²) in [4.78, 5) is 11.9. The van der Waals surface area contributed by atoms with Crippen molar-refractivity contribution in [3.8, 4) is 5.75 Å². The molecule has 0 fully saturated rings. The van der Waals surface area contributed by atoms with Gasteiger partial charge in [0.25, 0.3) is 5.91 Å². The van der Waals surface area contributed by atoms with E-state index in [2.05, 4.69) is 5.32 Å². The lowest BCUT2D eigenvalue weighted by Gasteiger charge is -2.09. The predicted octanol–water partition coefficient (Wildman–Crippen LogP) is 2.29. The maximum absolute atomic E-state index is 11.9. The molecule has 1 heterocycles. The van der Waals surface area contributed by atoms with Gasteiger partial charge in [0.15, 0.2) is 0 Å². The molecular weight excluding hydrogens is 256 g/mol. The zero-order valence-corrected chi connectivity index (χ0v) is 11.6. The molecule has 0 aliphatic carbocycles. The monoisotopic (exact) mass is 274 g/mol. The summed E-state index contributed by atoms with van der Waals surface area (Å²) in [5, 5.41) is 2.78. The average Bonchev–Trinajstić information content (AvgIpc) is 2.75. The number of carbonyl (C=O) groups is 1. The van der Waals surface area contributed by atoms with Crippen LogP contribution in [-0.4, -0.2) is 19.1 Å².